The van der Waals surface area contributed by atoms with E-state index in [1.807, 2.05) is 97.7 Å². The predicted octanol–water partition coefficient (Wildman–Crippen LogP) is 6.02. The first-order valence-electron chi connectivity index (χ1n) is 11.5. The summed E-state index contributed by atoms with van der Waals surface area (Å²) in [5, 5.41) is 11.5. The van der Waals surface area contributed by atoms with E-state index < -0.39 is 4.92 Å². The van der Waals surface area contributed by atoms with Gasteiger partial charge in [0, 0.05) is 30.6 Å². The fourth-order valence-corrected chi connectivity index (χ4v) is 4.52. The van der Waals surface area contributed by atoms with Crippen molar-refractivity contribution >= 4 is 28.0 Å². The van der Waals surface area contributed by atoms with Gasteiger partial charge in [-0.05, 0) is 48.4 Å². The average molecular weight is 477 g/mol. The minimum absolute atomic E-state index is 0.0288. The number of nitro groups is 1. The molecule has 0 aliphatic carbocycles. The van der Waals surface area contributed by atoms with Crippen molar-refractivity contribution in [3.63, 3.8) is 0 Å². The summed E-state index contributed by atoms with van der Waals surface area (Å²) in [5.74, 6) is 0.627. The minimum Gasteiger partial charge on any atom is -0.345 e. The number of fused-ring (bicyclic) bond motifs is 1. The van der Waals surface area contributed by atoms with Crippen molar-refractivity contribution in [3.05, 3.63) is 141 Å². The molecule has 0 spiro atoms. The first-order valence-corrected chi connectivity index (χ1v) is 11.5. The van der Waals surface area contributed by atoms with Crippen LogP contribution in [0.15, 0.2) is 108 Å². The molecule has 1 aromatic heterocycles. The summed E-state index contributed by atoms with van der Waals surface area (Å²) >= 11 is 0. The highest BCUT2D eigenvalue weighted by Gasteiger charge is 2.21. The van der Waals surface area contributed by atoms with E-state index in [0.717, 1.165) is 22.5 Å². The van der Waals surface area contributed by atoms with Crippen LogP contribution in [0.5, 0.6) is 0 Å². The first-order chi connectivity index (χ1) is 17.4. The van der Waals surface area contributed by atoms with Crippen LogP contribution in [-0.2, 0) is 0 Å². The molecule has 0 fully saturated rings. The second-order valence-electron chi connectivity index (χ2n) is 8.59. The summed E-state index contributed by atoms with van der Waals surface area (Å²) in [6, 6.07) is 31.4. The van der Waals surface area contributed by atoms with Crippen molar-refractivity contribution in [2.24, 2.45) is 0 Å². The van der Waals surface area contributed by atoms with Crippen LogP contribution >= 0.6 is 0 Å². The van der Waals surface area contributed by atoms with Crippen LogP contribution in [0.2, 0.25) is 0 Å². The highest BCUT2D eigenvalue weighted by Crippen LogP contribution is 2.30. The van der Waals surface area contributed by atoms with Crippen molar-refractivity contribution in [3.8, 4) is 0 Å². The Morgan fingerprint density at radius 3 is 1.94 bits per heavy atom. The number of rotatable bonds is 6. The topological polar surface area (TPSA) is 81.3 Å². The van der Waals surface area contributed by atoms with Gasteiger partial charge in [-0.2, -0.15) is 0 Å². The van der Waals surface area contributed by atoms with Gasteiger partial charge in [0.25, 0.3) is 11.2 Å². The van der Waals surface area contributed by atoms with E-state index in [2.05, 4.69) is 0 Å². The molecule has 0 aliphatic rings. The van der Waals surface area contributed by atoms with Gasteiger partial charge < -0.3 is 4.90 Å². The molecule has 0 saturated heterocycles. The van der Waals surface area contributed by atoms with Crippen molar-refractivity contribution < 1.29 is 4.92 Å². The fraction of sp³-hybridized carbons (Fsp3) is 0.103. The Bertz CT molecular complexity index is 1560. The van der Waals surface area contributed by atoms with Gasteiger partial charge in [-0.15, -0.1) is 0 Å². The van der Waals surface area contributed by atoms with Crippen LogP contribution in [0.4, 0.5) is 17.1 Å². The molecule has 1 heterocycles. The number of nitro benzene ring substituents is 1. The molecule has 0 bridgehead atoms. The zero-order valence-electron chi connectivity index (χ0n) is 19.9. The lowest BCUT2D eigenvalue weighted by atomic mass is 9.98. The first kappa shape index (κ1) is 23.0. The number of aromatic nitrogens is 2. The third kappa shape index (κ3) is 4.22. The SMILES string of the molecule is Cc1nc2ccc(N(C)c3ccc([N+](=O)[O-])cc3)cc2c(=O)n1C(c1ccccc1)c1ccccc1. The summed E-state index contributed by atoms with van der Waals surface area (Å²) < 4.78 is 1.75. The Labute approximate surface area is 208 Å². The van der Waals surface area contributed by atoms with Gasteiger partial charge in [0.2, 0.25) is 0 Å². The second kappa shape index (κ2) is 9.46. The molecule has 5 aromatic rings. The smallest absolute Gasteiger partial charge is 0.269 e. The van der Waals surface area contributed by atoms with Gasteiger partial charge in [0.15, 0.2) is 0 Å². The normalized spacial score (nSPS) is 11.1. The molecule has 7 heteroatoms. The van der Waals surface area contributed by atoms with Crippen LogP contribution in [0.25, 0.3) is 10.9 Å². The van der Waals surface area contributed by atoms with Gasteiger partial charge >= 0.3 is 0 Å². The minimum atomic E-state index is -0.424. The standard InChI is InChI=1S/C29H24N4O3/c1-20-30-27-18-17-25(31(2)23-13-15-24(16-14-23)33(35)36)19-26(27)29(34)32(20)28(21-9-5-3-6-10-21)22-11-7-4-8-12-22/h3-19,28H,1-2H3. The molecule has 5 rings (SSSR count). The number of hydrogen-bond acceptors (Lipinski definition) is 5. The highest BCUT2D eigenvalue weighted by molar-refractivity contribution is 5.83. The van der Waals surface area contributed by atoms with Crippen molar-refractivity contribution in [1.82, 2.24) is 9.55 Å². The van der Waals surface area contributed by atoms with E-state index in [1.54, 1.807) is 16.7 Å². The number of benzene rings is 4. The lowest BCUT2D eigenvalue weighted by molar-refractivity contribution is -0.384. The second-order valence-corrected chi connectivity index (χ2v) is 8.59. The average Bonchev–Trinajstić information content (AvgIpc) is 2.91. The number of anilines is 2. The molecule has 0 saturated carbocycles. The lowest BCUT2D eigenvalue weighted by Gasteiger charge is -2.24. The van der Waals surface area contributed by atoms with E-state index >= 15 is 0 Å². The van der Waals surface area contributed by atoms with Crippen molar-refractivity contribution in [2.75, 3.05) is 11.9 Å². The third-order valence-electron chi connectivity index (χ3n) is 6.38. The van der Waals surface area contributed by atoms with Crippen molar-refractivity contribution in [2.45, 2.75) is 13.0 Å². The van der Waals surface area contributed by atoms with E-state index in [-0.39, 0.29) is 17.3 Å². The van der Waals surface area contributed by atoms with Gasteiger partial charge in [-0.1, -0.05) is 60.7 Å². The van der Waals surface area contributed by atoms with Gasteiger partial charge in [0.1, 0.15) is 5.82 Å². The van der Waals surface area contributed by atoms with Crippen LogP contribution in [-0.4, -0.2) is 21.5 Å². The van der Waals surface area contributed by atoms with Gasteiger partial charge in [0.05, 0.1) is 21.9 Å². The summed E-state index contributed by atoms with van der Waals surface area (Å²) in [6.45, 7) is 1.86. The number of aryl methyl sites for hydroxylation is 1. The van der Waals surface area contributed by atoms with E-state index in [1.165, 1.54) is 12.1 Å². The highest BCUT2D eigenvalue weighted by atomic mass is 16.6. The maximum atomic E-state index is 14.0. The van der Waals surface area contributed by atoms with E-state index in [9.17, 15) is 14.9 Å². The molecule has 0 N–H and O–H groups in total. The molecule has 36 heavy (non-hydrogen) atoms. The van der Waals surface area contributed by atoms with Crippen molar-refractivity contribution in [1.29, 1.82) is 0 Å². The van der Waals surface area contributed by atoms with Crippen LogP contribution < -0.4 is 10.5 Å². The number of non-ortho nitro benzene ring substituents is 1. The molecule has 0 atom stereocenters. The molecule has 0 aliphatic heterocycles. The summed E-state index contributed by atoms with van der Waals surface area (Å²) in [4.78, 5) is 31.2. The molecule has 0 unspecified atom stereocenters. The van der Waals surface area contributed by atoms with Gasteiger partial charge in [-0.3, -0.25) is 19.5 Å². The predicted molar refractivity (Wildman–Crippen MR) is 142 cm³/mol. The largest absolute Gasteiger partial charge is 0.345 e. The number of hydrogen-bond donors (Lipinski definition) is 0. The maximum Gasteiger partial charge on any atom is 0.269 e. The Balaban J connectivity index is 1.65. The third-order valence-corrected chi connectivity index (χ3v) is 6.38. The monoisotopic (exact) mass is 476 g/mol. The Morgan fingerprint density at radius 1 is 0.833 bits per heavy atom. The Kier molecular flexibility index (Phi) is 6.04. The van der Waals surface area contributed by atoms with Gasteiger partial charge in [-0.25, -0.2) is 4.98 Å². The Hall–Kier alpha value is -4.78. The van der Waals surface area contributed by atoms with Crippen LogP contribution in [0.3, 0.4) is 0 Å². The fourth-order valence-electron chi connectivity index (χ4n) is 4.52. The lowest BCUT2D eigenvalue weighted by Crippen LogP contribution is -2.29. The zero-order chi connectivity index (χ0) is 25.2. The molecule has 4 aromatic carbocycles. The van der Waals surface area contributed by atoms with Crippen LogP contribution in [0.1, 0.15) is 23.0 Å². The number of nitrogens with zero attached hydrogens (tertiary/aromatic N) is 4. The molecule has 178 valence electrons. The molecule has 0 amide bonds. The molecular formula is C29H24N4O3. The van der Waals surface area contributed by atoms with E-state index in [4.69, 9.17) is 4.98 Å². The summed E-state index contributed by atoms with van der Waals surface area (Å²) in [5.41, 5.74) is 4.06. The molecule has 7 nitrogen and oxygen atoms in total. The Morgan fingerprint density at radius 2 is 1.39 bits per heavy atom. The molecule has 0 radical (unpaired) electrons. The summed E-state index contributed by atoms with van der Waals surface area (Å²) in [6.07, 6.45) is 0. The zero-order valence-corrected chi connectivity index (χ0v) is 19.9. The molecular weight excluding hydrogens is 452 g/mol. The maximum absolute atomic E-state index is 14.0. The van der Waals surface area contributed by atoms with Crippen LogP contribution in [0, 0.1) is 17.0 Å². The quantitative estimate of drug-likeness (QED) is 0.221. The van der Waals surface area contributed by atoms with E-state index in [0.29, 0.717) is 16.7 Å². The summed E-state index contributed by atoms with van der Waals surface area (Å²) in [7, 11) is 1.86.